The molecule has 0 saturated heterocycles. The molecule has 0 bridgehead atoms. The first kappa shape index (κ1) is 19.5. The molecule has 0 saturated carbocycles. The van der Waals surface area contributed by atoms with Gasteiger partial charge in [-0.3, -0.25) is 4.79 Å². The summed E-state index contributed by atoms with van der Waals surface area (Å²) in [6, 6.07) is 4.29. The summed E-state index contributed by atoms with van der Waals surface area (Å²) >= 11 is 11.9. The van der Waals surface area contributed by atoms with E-state index >= 15 is 0 Å². The number of hydrogen-bond acceptors (Lipinski definition) is 3. The molecule has 1 rings (SSSR count). The maximum absolute atomic E-state index is 12.0. The molecule has 126 valence electrons. The van der Waals surface area contributed by atoms with Crippen molar-refractivity contribution in [1.29, 1.82) is 0 Å². The van der Waals surface area contributed by atoms with Crippen molar-refractivity contribution in [1.82, 2.24) is 5.32 Å². The number of nitrogens with one attached hydrogen (secondary N) is 1. The Balaban J connectivity index is 2.78. The predicted molar refractivity (Wildman–Crippen MR) is 93.5 cm³/mol. The first-order valence-electron chi connectivity index (χ1n) is 7.14. The lowest BCUT2D eigenvalue weighted by Crippen LogP contribution is -2.43. The van der Waals surface area contributed by atoms with Crippen LogP contribution in [-0.4, -0.2) is 25.0 Å². The van der Waals surface area contributed by atoms with Crippen LogP contribution in [0.2, 0.25) is 10.0 Å². The van der Waals surface area contributed by atoms with Crippen molar-refractivity contribution in [3.8, 4) is 0 Å². The monoisotopic (exact) mass is 357 g/mol. The Hall–Kier alpha value is -1.52. The SMILES string of the molecule is COC(=O)C(CC(C)(C)C)NC(=O)/C=C/c1ccc(Cl)cc1Cl. The fourth-order valence-corrected chi connectivity index (χ4v) is 2.44. The molecule has 0 aliphatic rings. The van der Waals surface area contributed by atoms with Crippen LogP contribution in [0, 0.1) is 5.41 Å². The van der Waals surface area contributed by atoms with Gasteiger partial charge in [0.15, 0.2) is 0 Å². The molecule has 0 heterocycles. The van der Waals surface area contributed by atoms with Gasteiger partial charge in [-0.15, -0.1) is 0 Å². The number of rotatable bonds is 5. The minimum absolute atomic E-state index is 0.130. The largest absolute Gasteiger partial charge is 0.467 e. The van der Waals surface area contributed by atoms with E-state index in [1.165, 1.54) is 13.2 Å². The average Bonchev–Trinajstić information content (AvgIpc) is 2.43. The van der Waals surface area contributed by atoms with Crippen molar-refractivity contribution in [2.24, 2.45) is 5.41 Å². The van der Waals surface area contributed by atoms with Crippen LogP contribution in [0.15, 0.2) is 24.3 Å². The van der Waals surface area contributed by atoms with Crippen LogP contribution in [0.25, 0.3) is 6.08 Å². The zero-order valence-electron chi connectivity index (χ0n) is 13.7. The van der Waals surface area contributed by atoms with Gasteiger partial charge in [0.2, 0.25) is 5.91 Å². The Labute approximate surface area is 146 Å². The Morgan fingerprint density at radius 3 is 2.48 bits per heavy atom. The molecule has 0 fully saturated rings. The second-order valence-electron chi connectivity index (χ2n) is 6.35. The van der Waals surface area contributed by atoms with Crippen LogP contribution >= 0.6 is 23.2 Å². The molecular formula is C17H21Cl2NO3. The Bertz CT molecular complexity index is 606. The lowest BCUT2D eigenvalue weighted by Gasteiger charge is -2.24. The Morgan fingerprint density at radius 1 is 1.30 bits per heavy atom. The summed E-state index contributed by atoms with van der Waals surface area (Å²) in [5.74, 6) is -0.859. The molecule has 1 unspecified atom stereocenters. The third kappa shape index (κ3) is 7.06. The van der Waals surface area contributed by atoms with Gasteiger partial charge < -0.3 is 10.1 Å². The zero-order chi connectivity index (χ0) is 17.6. The summed E-state index contributed by atoms with van der Waals surface area (Å²) in [5.41, 5.74) is 0.534. The normalized spacial score (nSPS) is 13.0. The first-order valence-corrected chi connectivity index (χ1v) is 7.89. The average molecular weight is 358 g/mol. The third-order valence-electron chi connectivity index (χ3n) is 3.00. The smallest absolute Gasteiger partial charge is 0.328 e. The van der Waals surface area contributed by atoms with Crippen molar-refractivity contribution >= 4 is 41.2 Å². The fraction of sp³-hybridized carbons (Fsp3) is 0.412. The maximum Gasteiger partial charge on any atom is 0.328 e. The minimum Gasteiger partial charge on any atom is -0.467 e. The second kappa shape index (κ2) is 8.37. The highest BCUT2D eigenvalue weighted by atomic mass is 35.5. The van der Waals surface area contributed by atoms with Gasteiger partial charge in [-0.05, 0) is 35.6 Å². The highest BCUT2D eigenvalue weighted by molar-refractivity contribution is 6.35. The number of ether oxygens (including phenoxy) is 1. The van der Waals surface area contributed by atoms with Crippen LogP contribution < -0.4 is 5.32 Å². The zero-order valence-corrected chi connectivity index (χ0v) is 15.2. The van der Waals surface area contributed by atoms with E-state index in [1.54, 1.807) is 24.3 Å². The van der Waals surface area contributed by atoms with Gasteiger partial charge in [0.25, 0.3) is 0 Å². The van der Waals surface area contributed by atoms with Crippen molar-refractivity contribution in [2.45, 2.75) is 33.2 Å². The third-order valence-corrected chi connectivity index (χ3v) is 3.56. The number of esters is 1. The molecule has 1 aromatic rings. The molecule has 0 spiro atoms. The van der Waals surface area contributed by atoms with Crippen molar-refractivity contribution in [2.75, 3.05) is 7.11 Å². The van der Waals surface area contributed by atoms with Gasteiger partial charge in [0.05, 0.1) is 7.11 Å². The number of benzene rings is 1. The van der Waals surface area contributed by atoms with E-state index < -0.39 is 17.9 Å². The molecule has 0 aliphatic heterocycles. The topological polar surface area (TPSA) is 55.4 Å². The van der Waals surface area contributed by atoms with Crippen LogP contribution in [0.1, 0.15) is 32.8 Å². The number of halogens is 2. The molecule has 6 heteroatoms. The van der Waals surface area contributed by atoms with Gasteiger partial charge in [0, 0.05) is 16.1 Å². The lowest BCUT2D eigenvalue weighted by atomic mass is 9.88. The molecule has 1 atom stereocenters. The van der Waals surface area contributed by atoms with Crippen molar-refractivity contribution in [3.63, 3.8) is 0 Å². The molecule has 0 aromatic heterocycles. The van der Waals surface area contributed by atoms with Gasteiger partial charge >= 0.3 is 5.97 Å². The van der Waals surface area contributed by atoms with E-state index in [2.05, 4.69) is 5.32 Å². The molecule has 0 radical (unpaired) electrons. The molecule has 23 heavy (non-hydrogen) atoms. The van der Waals surface area contributed by atoms with E-state index in [9.17, 15) is 9.59 Å². The number of carbonyl (C=O) groups excluding carboxylic acids is 2. The van der Waals surface area contributed by atoms with E-state index in [1.807, 2.05) is 20.8 Å². The maximum atomic E-state index is 12.0. The summed E-state index contributed by atoms with van der Waals surface area (Å²) in [4.78, 5) is 23.8. The Morgan fingerprint density at radius 2 is 1.96 bits per heavy atom. The molecule has 1 amide bonds. The quantitative estimate of drug-likeness (QED) is 0.637. The number of amides is 1. The second-order valence-corrected chi connectivity index (χ2v) is 7.19. The van der Waals surface area contributed by atoms with E-state index in [-0.39, 0.29) is 5.41 Å². The number of methoxy groups -OCH3 is 1. The highest BCUT2D eigenvalue weighted by Gasteiger charge is 2.26. The molecule has 1 aromatic carbocycles. The van der Waals surface area contributed by atoms with Gasteiger partial charge in [0.1, 0.15) is 6.04 Å². The van der Waals surface area contributed by atoms with E-state index in [4.69, 9.17) is 27.9 Å². The summed E-state index contributed by atoms with van der Waals surface area (Å²) < 4.78 is 4.74. The first-order chi connectivity index (χ1) is 10.6. The van der Waals surface area contributed by atoms with Gasteiger partial charge in [-0.1, -0.05) is 50.0 Å². The molecule has 4 nitrogen and oxygen atoms in total. The van der Waals surface area contributed by atoms with Crippen molar-refractivity contribution in [3.05, 3.63) is 39.9 Å². The summed E-state index contributed by atoms with van der Waals surface area (Å²) in [7, 11) is 1.30. The van der Waals surface area contributed by atoms with Crippen LogP contribution in [0.4, 0.5) is 0 Å². The number of hydrogen-bond donors (Lipinski definition) is 1. The lowest BCUT2D eigenvalue weighted by molar-refractivity contribution is -0.145. The minimum atomic E-state index is -0.696. The standard InChI is InChI=1S/C17H21Cl2NO3/c1-17(2,3)10-14(16(22)23-4)20-15(21)8-6-11-5-7-12(18)9-13(11)19/h5-9,14H,10H2,1-4H3,(H,20,21)/b8-6+. The molecule has 0 aliphatic carbocycles. The fourth-order valence-electron chi connectivity index (χ4n) is 1.97. The number of carbonyl (C=O) groups is 2. The van der Waals surface area contributed by atoms with Crippen LogP contribution in [-0.2, 0) is 14.3 Å². The van der Waals surface area contributed by atoms with E-state index in [0.29, 0.717) is 22.0 Å². The summed E-state index contributed by atoms with van der Waals surface area (Å²) in [6.45, 7) is 5.95. The molecule has 1 N–H and O–H groups in total. The van der Waals surface area contributed by atoms with Gasteiger partial charge in [-0.2, -0.15) is 0 Å². The van der Waals surface area contributed by atoms with Crippen molar-refractivity contribution < 1.29 is 14.3 Å². The highest BCUT2D eigenvalue weighted by Crippen LogP contribution is 2.23. The Kier molecular flexibility index (Phi) is 7.10. The van der Waals surface area contributed by atoms with Crippen LogP contribution in [0.3, 0.4) is 0 Å². The molecular weight excluding hydrogens is 337 g/mol. The van der Waals surface area contributed by atoms with Gasteiger partial charge in [-0.25, -0.2) is 4.79 Å². The summed E-state index contributed by atoms with van der Waals surface area (Å²) in [6.07, 6.45) is 3.37. The van der Waals surface area contributed by atoms with E-state index in [0.717, 1.165) is 0 Å². The predicted octanol–water partition coefficient (Wildman–Crippen LogP) is 4.10. The van der Waals surface area contributed by atoms with Crippen LogP contribution in [0.5, 0.6) is 0 Å². The summed E-state index contributed by atoms with van der Waals surface area (Å²) in [5, 5.41) is 3.62.